The monoisotopic (exact) mass is 276 g/mol. The number of hydrogen-bond acceptors (Lipinski definition) is 2. The van der Waals surface area contributed by atoms with Crippen LogP contribution in [0.5, 0.6) is 0 Å². The van der Waals surface area contributed by atoms with Gasteiger partial charge in [-0.3, -0.25) is 4.79 Å². The molecule has 20 heavy (non-hydrogen) atoms. The van der Waals surface area contributed by atoms with E-state index in [1.807, 2.05) is 13.8 Å². The SMILES string of the molecule is CC(C)(O)C1(C)CC[C@@H]2C3=C(CCC2C1)CC(=O)CC3. The van der Waals surface area contributed by atoms with Gasteiger partial charge in [0.2, 0.25) is 0 Å². The highest BCUT2D eigenvalue weighted by molar-refractivity contribution is 5.82. The maximum absolute atomic E-state index is 11.6. The Kier molecular flexibility index (Phi) is 3.36. The van der Waals surface area contributed by atoms with E-state index in [1.54, 1.807) is 5.57 Å². The summed E-state index contributed by atoms with van der Waals surface area (Å²) in [7, 11) is 0. The van der Waals surface area contributed by atoms with Crippen molar-refractivity contribution >= 4 is 5.78 Å². The van der Waals surface area contributed by atoms with Crippen LogP contribution in [-0.4, -0.2) is 16.5 Å². The zero-order chi connectivity index (χ0) is 14.5. The van der Waals surface area contributed by atoms with Crippen LogP contribution >= 0.6 is 0 Å². The molecule has 0 spiro atoms. The molecule has 2 heteroatoms. The first kappa shape index (κ1) is 14.3. The number of aliphatic hydroxyl groups is 1. The fourth-order valence-electron chi connectivity index (χ4n) is 4.80. The Morgan fingerprint density at radius 3 is 2.65 bits per heavy atom. The van der Waals surface area contributed by atoms with Crippen molar-refractivity contribution in [1.82, 2.24) is 0 Å². The molecule has 3 atom stereocenters. The molecule has 1 saturated carbocycles. The molecule has 0 aromatic carbocycles. The molecule has 0 aromatic heterocycles. The maximum Gasteiger partial charge on any atom is 0.137 e. The smallest absolute Gasteiger partial charge is 0.137 e. The van der Waals surface area contributed by atoms with Gasteiger partial charge in [0.15, 0.2) is 0 Å². The van der Waals surface area contributed by atoms with Crippen LogP contribution in [-0.2, 0) is 4.79 Å². The van der Waals surface area contributed by atoms with Crippen molar-refractivity contribution in [1.29, 1.82) is 0 Å². The molecule has 0 radical (unpaired) electrons. The predicted octanol–water partition coefficient (Wildman–Crippen LogP) is 4.02. The maximum atomic E-state index is 11.6. The van der Waals surface area contributed by atoms with Crippen molar-refractivity contribution in [2.75, 3.05) is 0 Å². The van der Waals surface area contributed by atoms with Crippen LogP contribution in [0.25, 0.3) is 0 Å². The van der Waals surface area contributed by atoms with Crippen LogP contribution in [0, 0.1) is 17.3 Å². The van der Waals surface area contributed by atoms with Gasteiger partial charge in [-0.25, -0.2) is 0 Å². The molecule has 112 valence electrons. The van der Waals surface area contributed by atoms with Crippen LogP contribution in [0.4, 0.5) is 0 Å². The van der Waals surface area contributed by atoms with E-state index in [0.29, 0.717) is 11.7 Å². The van der Waals surface area contributed by atoms with E-state index in [4.69, 9.17) is 0 Å². The number of Topliss-reactive ketones (excluding diaryl/α,β-unsaturated/α-hetero) is 1. The lowest BCUT2D eigenvalue weighted by atomic mass is 9.55. The van der Waals surface area contributed by atoms with Crippen molar-refractivity contribution in [3.05, 3.63) is 11.1 Å². The van der Waals surface area contributed by atoms with Gasteiger partial charge in [0, 0.05) is 12.8 Å². The Morgan fingerprint density at radius 1 is 1.20 bits per heavy atom. The van der Waals surface area contributed by atoms with E-state index in [-0.39, 0.29) is 5.41 Å². The number of carbonyl (C=O) groups excluding carboxylic acids is 1. The van der Waals surface area contributed by atoms with Gasteiger partial charge in [0.1, 0.15) is 5.78 Å². The van der Waals surface area contributed by atoms with Gasteiger partial charge >= 0.3 is 0 Å². The van der Waals surface area contributed by atoms with Crippen LogP contribution in [0.15, 0.2) is 11.1 Å². The molecule has 2 unspecified atom stereocenters. The number of ketones is 1. The van der Waals surface area contributed by atoms with Gasteiger partial charge in [-0.05, 0) is 69.6 Å². The summed E-state index contributed by atoms with van der Waals surface area (Å²) in [5.41, 5.74) is 2.58. The highest BCUT2D eigenvalue weighted by Crippen LogP contribution is 2.55. The van der Waals surface area contributed by atoms with Crippen LogP contribution < -0.4 is 0 Å². The van der Waals surface area contributed by atoms with Crippen LogP contribution in [0.3, 0.4) is 0 Å². The van der Waals surface area contributed by atoms with Gasteiger partial charge in [0.25, 0.3) is 0 Å². The molecule has 0 aliphatic heterocycles. The summed E-state index contributed by atoms with van der Waals surface area (Å²) in [5.74, 6) is 1.88. The van der Waals surface area contributed by atoms with E-state index >= 15 is 0 Å². The van der Waals surface area contributed by atoms with Crippen LogP contribution in [0.2, 0.25) is 0 Å². The molecule has 0 amide bonds. The molecule has 0 bridgehead atoms. The summed E-state index contributed by atoms with van der Waals surface area (Å²) in [6, 6.07) is 0. The van der Waals surface area contributed by atoms with E-state index in [0.717, 1.165) is 44.4 Å². The summed E-state index contributed by atoms with van der Waals surface area (Å²) in [4.78, 5) is 11.6. The first-order valence-electron chi connectivity index (χ1n) is 8.25. The number of allylic oxidation sites excluding steroid dienone is 2. The Balaban J connectivity index is 1.82. The van der Waals surface area contributed by atoms with Gasteiger partial charge in [0.05, 0.1) is 5.60 Å². The van der Waals surface area contributed by atoms with Crippen LogP contribution in [0.1, 0.15) is 72.1 Å². The summed E-state index contributed by atoms with van der Waals surface area (Å²) >= 11 is 0. The molecule has 3 aliphatic rings. The van der Waals surface area contributed by atoms with Crippen molar-refractivity contribution in [3.63, 3.8) is 0 Å². The lowest BCUT2D eigenvalue weighted by molar-refractivity contribution is -0.119. The van der Waals surface area contributed by atoms with Crippen molar-refractivity contribution in [3.8, 4) is 0 Å². The van der Waals surface area contributed by atoms with Gasteiger partial charge < -0.3 is 5.11 Å². The molecule has 0 heterocycles. The third kappa shape index (κ3) is 2.26. The summed E-state index contributed by atoms with van der Waals surface area (Å²) < 4.78 is 0. The highest BCUT2D eigenvalue weighted by atomic mass is 16.3. The molecular formula is C18H28O2. The minimum Gasteiger partial charge on any atom is -0.390 e. The third-order valence-corrected chi connectivity index (χ3v) is 6.57. The molecule has 1 N–H and O–H groups in total. The average Bonchev–Trinajstić information content (AvgIpc) is 2.36. The normalized spacial score (nSPS) is 38.5. The first-order chi connectivity index (χ1) is 9.30. The highest BCUT2D eigenvalue weighted by Gasteiger charge is 2.48. The quantitative estimate of drug-likeness (QED) is 0.734. The molecule has 1 fully saturated rings. The number of fused-ring (bicyclic) bond motifs is 2. The summed E-state index contributed by atoms with van der Waals surface area (Å²) in [6.07, 6.45) is 8.35. The zero-order valence-electron chi connectivity index (χ0n) is 13.2. The van der Waals surface area contributed by atoms with Crippen molar-refractivity contribution in [2.24, 2.45) is 17.3 Å². The van der Waals surface area contributed by atoms with Gasteiger partial charge in [-0.2, -0.15) is 0 Å². The summed E-state index contributed by atoms with van der Waals surface area (Å²) in [6.45, 7) is 6.21. The Labute approximate surface area is 122 Å². The molecule has 0 aromatic rings. The second-order valence-electron chi connectivity index (χ2n) is 8.11. The second kappa shape index (κ2) is 4.69. The van der Waals surface area contributed by atoms with E-state index in [2.05, 4.69) is 6.92 Å². The summed E-state index contributed by atoms with van der Waals surface area (Å²) in [5, 5.41) is 10.5. The van der Waals surface area contributed by atoms with Gasteiger partial charge in [-0.15, -0.1) is 0 Å². The lowest BCUT2D eigenvalue weighted by Crippen LogP contribution is -2.47. The molecule has 3 rings (SSSR count). The fraction of sp³-hybridized carbons (Fsp3) is 0.833. The van der Waals surface area contributed by atoms with Crippen molar-refractivity contribution < 1.29 is 9.90 Å². The minimum atomic E-state index is -0.588. The lowest BCUT2D eigenvalue weighted by Gasteiger charge is -2.51. The number of hydrogen-bond donors (Lipinski definition) is 1. The fourth-order valence-corrected chi connectivity index (χ4v) is 4.80. The molecule has 2 nitrogen and oxygen atoms in total. The zero-order valence-corrected chi connectivity index (χ0v) is 13.2. The molecule has 0 saturated heterocycles. The Hall–Kier alpha value is -0.630. The van der Waals surface area contributed by atoms with Gasteiger partial charge in [-0.1, -0.05) is 18.1 Å². The first-order valence-corrected chi connectivity index (χ1v) is 8.25. The number of carbonyl (C=O) groups is 1. The van der Waals surface area contributed by atoms with E-state index < -0.39 is 5.60 Å². The minimum absolute atomic E-state index is 0.0523. The topological polar surface area (TPSA) is 37.3 Å². The predicted molar refractivity (Wildman–Crippen MR) is 80.4 cm³/mol. The average molecular weight is 276 g/mol. The van der Waals surface area contributed by atoms with Crippen molar-refractivity contribution in [2.45, 2.75) is 77.7 Å². The Morgan fingerprint density at radius 2 is 1.95 bits per heavy atom. The standard InChI is InChI=1S/C18H28O2/c1-17(2,20)18(3)9-8-16-13(11-18)5-4-12-10-14(19)6-7-15(12)16/h13,16,20H,4-11H2,1-3H3/t13?,16-,18?/m0/s1. The molecule has 3 aliphatic carbocycles. The molecular weight excluding hydrogens is 248 g/mol. The third-order valence-electron chi connectivity index (χ3n) is 6.57. The Bertz CT molecular complexity index is 455. The van der Waals surface area contributed by atoms with E-state index in [9.17, 15) is 9.90 Å². The second-order valence-corrected chi connectivity index (χ2v) is 8.11. The van der Waals surface area contributed by atoms with E-state index in [1.165, 1.54) is 18.4 Å². The number of rotatable bonds is 1. The largest absolute Gasteiger partial charge is 0.390 e.